The Bertz CT molecular complexity index is 490. The molecule has 0 heterocycles. The van der Waals surface area contributed by atoms with Gasteiger partial charge in [0.25, 0.3) is 5.69 Å². The summed E-state index contributed by atoms with van der Waals surface area (Å²) in [5.74, 6) is -1.26. The van der Waals surface area contributed by atoms with E-state index in [0.717, 1.165) is 12.5 Å². The van der Waals surface area contributed by atoms with Crippen LogP contribution in [0.5, 0.6) is 0 Å². The Balaban J connectivity index is 3.38. The lowest BCUT2D eigenvalue weighted by Gasteiger charge is -2.11. The Hall–Kier alpha value is -2.05. The minimum Gasteiger partial charge on any atom is -0.258 e. The predicted molar refractivity (Wildman–Crippen MR) is 63.0 cm³/mol. The summed E-state index contributed by atoms with van der Waals surface area (Å²) in [5, 5.41) is 21.4. The van der Waals surface area contributed by atoms with Crippen LogP contribution in [0.2, 0.25) is 0 Å². The van der Waals surface area contributed by atoms with Gasteiger partial charge in [-0.25, -0.2) is 0 Å². The number of halogens is 1. The first-order valence-corrected chi connectivity index (χ1v) is 5.50. The van der Waals surface area contributed by atoms with Gasteiger partial charge >= 0.3 is 5.69 Å². The van der Waals surface area contributed by atoms with Crippen LogP contribution in [0.1, 0.15) is 38.2 Å². The summed E-state index contributed by atoms with van der Waals surface area (Å²) >= 11 is 0. The average Bonchev–Trinajstić information content (AvgIpc) is 2.27. The number of nitro benzene ring substituents is 2. The third kappa shape index (κ3) is 2.79. The van der Waals surface area contributed by atoms with E-state index >= 15 is 0 Å². The van der Waals surface area contributed by atoms with Crippen molar-refractivity contribution in [2.45, 2.75) is 32.6 Å². The first-order chi connectivity index (χ1) is 8.38. The van der Waals surface area contributed by atoms with E-state index in [-0.39, 0.29) is 11.5 Å². The topological polar surface area (TPSA) is 86.3 Å². The largest absolute Gasteiger partial charge is 0.311 e. The van der Waals surface area contributed by atoms with E-state index in [9.17, 15) is 24.6 Å². The van der Waals surface area contributed by atoms with Crippen molar-refractivity contribution in [1.82, 2.24) is 0 Å². The fraction of sp³-hybridized carbons (Fsp3) is 0.455. The maximum absolute atomic E-state index is 13.5. The van der Waals surface area contributed by atoms with Crippen molar-refractivity contribution in [3.63, 3.8) is 0 Å². The molecule has 0 aliphatic rings. The molecule has 0 saturated heterocycles. The molecule has 0 unspecified atom stereocenters. The molecule has 1 atom stereocenters. The molecule has 0 aliphatic heterocycles. The van der Waals surface area contributed by atoms with Gasteiger partial charge in [0.2, 0.25) is 5.82 Å². The van der Waals surface area contributed by atoms with Gasteiger partial charge in [0.05, 0.1) is 15.9 Å². The monoisotopic (exact) mass is 256 g/mol. The number of hydrogen-bond donors (Lipinski definition) is 0. The van der Waals surface area contributed by atoms with Crippen molar-refractivity contribution >= 4 is 11.4 Å². The van der Waals surface area contributed by atoms with Crippen LogP contribution in [0.15, 0.2) is 12.1 Å². The summed E-state index contributed by atoms with van der Waals surface area (Å²) in [6.07, 6.45) is 1.44. The van der Waals surface area contributed by atoms with E-state index in [4.69, 9.17) is 0 Å². The summed E-state index contributed by atoms with van der Waals surface area (Å²) in [5.41, 5.74) is -1.07. The predicted octanol–water partition coefficient (Wildman–Crippen LogP) is 3.55. The van der Waals surface area contributed by atoms with Crippen LogP contribution in [-0.4, -0.2) is 9.85 Å². The molecule has 0 fully saturated rings. The molecule has 0 bridgehead atoms. The van der Waals surface area contributed by atoms with Gasteiger partial charge in [-0.3, -0.25) is 20.2 Å². The van der Waals surface area contributed by atoms with Gasteiger partial charge in [0.15, 0.2) is 0 Å². The Morgan fingerprint density at radius 2 is 1.78 bits per heavy atom. The van der Waals surface area contributed by atoms with Crippen LogP contribution in [0.3, 0.4) is 0 Å². The van der Waals surface area contributed by atoms with Gasteiger partial charge in [-0.15, -0.1) is 0 Å². The molecular weight excluding hydrogens is 243 g/mol. The third-order valence-electron chi connectivity index (χ3n) is 2.74. The van der Waals surface area contributed by atoms with Gasteiger partial charge < -0.3 is 0 Å². The van der Waals surface area contributed by atoms with Crippen LogP contribution >= 0.6 is 0 Å². The quantitative estimate of drug-likeness (QED) is 0.595. The Morgan fingerprint density at radius 3 is 2.22 bits per heavy atom. The van der Waals surface area contributed by atoms with Crippen LogP contribution in [0.4, 0.5) is 15.8 Å². The van der Waals surface area contributed by atoms with Crippen LogP contribution in [0, 0.1) is 26.0 Å². The minimum atomic E-state index is -1.04. The minimum absolute atomic E-state index is 0.199. The normalized spacial score (nSPS) is 12.2. The molecule has 6 nitrogen and oxygen atoms in total. The zero-order valence-electron chi connectivity index (χ0n) is 10.1. The van der Waals surface area contributed by atoms with Crippen molar-refractivity contribution in [2.24, 2.45) is 0 Å². The zero-order chi connectivity index (χ0) is 13.9. The van der Waals surface area contributed by atoms with Crippen molar-refractivity contribution in [3.05, 3.63) is 43.7 Å². The van der Waals surface area contributed by atoms with Gasteiger partial charge in [0, 0.05) is 5.56 Å². The van der Waals surface area contributed by atoms with Crippen LogP contribution in [-0.2, 0) is 0 Å². The number of benzene rings is 1. The molecule has 0 spiro atoms. The third-order valence-corrected chi connectivity index (χ3v) is 2.74. The van der Waals surface area contributed by atoms with E-state index in [2.05, 4.69) is 0 Å². The Morgan fingerprint density at radius 1 is 1.22 bits per heavy atom. The van der Waals surface area contributed by atoms with Gasteiger partial charge in [-0.2, -0.15) is 4.39 Å². The van der Waals surface area contributed by atoms with E-state index in [0.29, 0.717) is 12.5 Å². The second-order valence-electron chi connectivity index (χ2n) is 4.07. The maximum Gasteiger partial charge on any atom is 0.311 e. The SMILES string of the molecule is CCC[C@H](C)c1cc(F)c([N+](=O)[O-])cc1[N+](=O)[O-]. The molecule has 0 N–H and O–H groups in total. The number of nitro groups is 2. The smallest absolute Gasteiger partial charge is 0.258 e. The van der Waals surface area contributed by atoms with Crippen molar-refractivity contribution in [2.75, 3.05) is 0 Å². The van der Waals surface area contributed by atoms with Crippen molar-refractivity contribution in [3.8, 4) is 0 Å². The fourth-order valence-electron chi connectivity index (χ4n) is 1.85. The molecule has 0 aromatic heterocycles. The molecule has 1 aromatic rings. The Labute approximate surface area is 103 Å². The fourth-order valence-corrected chi connectivity index (χ4v) is 1.85. The molecule has 0 saturated carbocycles. The van der Waals surface area contributed by atoms with E-state index < -0.39 is 27.0 Å². The van der Waals surface area contributed by atoms with Crippen LogP contribution in [0.25, 0.3) is 0 Å². The summed E-state index contributed by atoms with van der Waals surface area (Å²) in [6, 6.07) is 1.59. The first kappa shape index (κ1) is 14.0. The highest BCUT2D eigenvalue weighted by Crippen LogP contribution is 2.34. The summed E-state index contributed by atoms with van der Waals surface area (Å²) in [7, 11) is 0. The number of nitrogens with zero attached hydrogens (tertiary/aromatic N) is 2. The lowest BCUT2D eigenvalue weighted by Crippen LogP contribution is -2.03. The van der Waals surface area contributed by atoms with E-state index in [1.807, 2.05) is 6.92 Å². The second-order valence-corrected chi connectivity index (χ2v) is 4.07. The van der Waals surface area contributed by atoms with E-state index in [1.165, 1.54) is 0 Å². The number of rotatable bonds is 5. The molecule has 0 aliphatic carbocycles. The van der Waals surface area contributed by atoms with Gasteiger partial charge in [-0.1, -0.05) is 20.3 Å². The highest BCUT2D eigenvalue weighted by atomic mass is 19.1. The molecule has 7 heteroatoms. The van der Waals surface area contributed by atoms with Gasteiger partial charge in [-0.05, 0) is 18.4 Å². The highest BCUT2D eigenvalue weighted by molar-refractivity contribution is 5.51. The number of hydrogen-bond acceptors (Lipinski definition) is 4. The molecular formula is C11H13FN2O4. The van der Waals surface area contributed by atoms with E-state index in [1.54, 1.807) is 6.92 Å². The van der Waals surface area contributed by atoms with Gasteiger partial charge in [0.1, 0.15) is 0 Å². The van der Waals surface area contributed by atoms with Crippen molar-refractivity contribution in [1.29, 1.82) is 0 Å². The highest BCUT2D eigenvalue weighted by Gasteiger charge is 2.26. The first-order valence-electron chi connectivity index (χ1n) is 5.50. The molecule has 1 aromatic carbocycles. The Kier molecular flexibility index (Phi) is 4.30. The summed E-state index contributed by atoms with van der Waals surface area (Å²) < 4.78 is 13.5. The van der Waals surface area contributed by atoms with Crippen molar-refractivity contribution < 1.29 is 14.2 Å². The summed E-state index contributed by atoms with van der Waals surface area (Å²) in [6.45, 7) is 3.64. The molecule has 1 rings (SSSR count). The molecule has 0 radical (unpaired) electrons. The maximum atomic E-state index is 13.5. The second kappa shape index (κ2) is 5.52. The standard InChI is InChI=1S/C11H13FN2O4/c1-3-4-7(2)8-5-9(12)11(14(17)18)6-10(8)13(15)16/h5-7H,3-4H2,1-2H3/t7-/m0/s1. The molecule has 98 valence electrons. The lowest BCUT2D eigenvalue weighted by molar-refractivity contribution is -0.396. The molecule has 18 heavy (non-hydrogen) atoms. The lowest BCUT2D eigenvalue weighted by atomic mass is 9.94. The average molecular weight is 256 g/mol. The van der Waals surface area contributed by atoms with Crippen LogP contribution < -0.4 is 0 Å². The summed E-state index contributed by atoms with van der Waals surface area (Å²) in [4.78, 5) is 19.7. The zero-order valence-corrected chi connectivity index (χ0v) is 10.1. The molecule has 0 amide bonds.